The van der Waals surface area contributed by atoms with Crippen molar-refractivity contribution in [2.45, 2.75) is 19.9 Å². The van der Waals surface area contributed by atoms with Crippen molar-refractivity contribution >= 4 is 11.4 Å². The van der Waals surface area contributed by atoms with Gasteiger partial charge >= 0.3 is 0 Å². The van der Waals surface area contributed by atoms with Gasteiger partial charge in [0.1, 0.15) is 5.82 Å². The summed E-state index contributed by atoms with van der Waals surface area (Å²) in [6.45, 7) is 3.84. The van der Waals surface area contributed by atoms with Crippen LogP contribution in [0, 0.1) is 12.7 Å². The summed E-state index contributed by atoms with van der Waals surface area (Å²) in [5.41, 5.74) is 9.45. The predicted octanol–water partition coefficient (Wildman–Crippen LogP) is 3.92. The summed E-state index contributed by atoms with van der Waals surface area (Å²) in [7, 11) is 1.92. The van der Waals surface area contributed by atoms with Crippen LogP contribution in [0.1, 0.15) is 24.1 Å². The molecule has 0 aromatic heterocycles. The Morgan fingerprint density at radius 1 is 1.11 bits per heavy atom. The number of nitrogens with two attached hydrogens (primary N) is 1. The first kappa shape index (κ1) is 13.6. The van der Waals surface area contributed by atoms with Crippen LogP contribution in [0.4, 0.5) is 15.8 Å². The lowest BCUT2D eigenvalue weighted by atomic mass is 10.0. The molecule has 0 aliphatic rings. The molecule has 0 aliphatic carbocycles. The standard InChI is InChI=1S/C16H19FN2/c1-11-7-9-13(10-8-11)19(3)15-6-4-5-14(17)16(15)12(2)18/h4-10,12H,18H2,1-3H3. The summed E-state index contributed by atoms with van der Waals surface area (Å²) < 4.78 is 13.9. The lowest BCUT2D eigenvalue weighted by Crippen LogP contribution is -2.17. The number of halogens is 1. The van der Waals surface area contributed by atoms with E-state index in [1.165, 1.54) is 11.6 Å². The largest absolute Gasteiger partial charge is 0.344 e. The quantitative estimate of drug-likeness (QED) is 0.904. The molecule has 0 aliphatic heterocycles. The summed E-state index contributed by atoms with van der Waals surface area (Å²) in [6, 6.07) is 12.8. The van der Waals surface area contributed by atoms with Crippen LogP contribution in [-0.4, -0.2) is 7.05 Å². The van der Waals surface area contributed by atoms with E-state index in [2.05, 4.69) is 0 Å². The summed E-state index contributed by atoms with van der Waals surface area (Å²) in [6.07, 6.45) is 0. The third-order valence-corrected chi connectivity index (χ3v) is 3.27. The second kappa shape index (κ2) is 5.41. The van der Waals surface area contributed by atoms with E-state index in [9.17, 15) is 4.39 Å². The number of nitrogens with zero attached hydrogens (tertiary/aromatic N) is 1. The summed E-state index contributed by atoms with van der Waals surface area (Å²) >= 11 is 0. The van der Waals surface area contributed by atoms with Gasteiger partial charge in [0.15, 0.2) is 0 Å². The highest BCUT2D eigenvalue weighted by atomic mass is 19.1. The van der Waals surface area contributed by atoms with E-state index in [0.29, 0.717) is 5.56 Å². The van der Waals surface area contributed by atoms with Crippen molar-refractivity contribution in [1.29, 1.82) is 0 Å². The van der Waals surface area contributed by atoms with Crippen LogP contribution in [0.2, 0.25) is 0 Å². The van der Waals surface area contributed by atoms with Gasteiger partial charge in [-0.15, -0.1) is 0 Å². The number of aryl methyl sites for hydroxylation is 1. The van der Waals surface area contributed by atoms with Crippen LogP contribution in [-0.2, 0) is 0 Å². The third-order valence-electron chi connectivity index (χ3n) is 3.27. The first-order valence-corrected chi connectivity index (χ1v) is 6.35. The molecule has 3 heteroatoms. The first-order valence-electron chi connectivity index (χ1n) is 6.35. The Hall–Kier alpha value is -1.87. The van der Waals surface area contributed by atoms with Crippen molar-refractivity contribution in [2.75, 3.05) is 11.9 Å². The predicted molar refractivity (Wildman–Crippen MR) is 78.2 cm³/mol. The molecule has 0 bridgehead atoms. The van der Waals surface area contributed by atoms with Crippen molar-refractivity contribution in [3.05, 3.63) is 59.4 Å². The zero-order valence-electron chi connectivity index (χ0n) is 11.5. The highest BCUT2D eigenvalue weighted by Crippen LogP contribution is 2.31. The fourth-order valence-electron chi connectivity index (χ4n) is 2.18. The molecular weight excluding hydrogens is 239 g/mol. The minimum absolute atomic E-state index is 0.258. The minimum Gasteiger partial charge on any atom is -0.344 e. The van der Waals surface area contributed by atoms with Crippen molar-refractivity contribution in [1.82, 2.24) is 0 Å². The lowest BCUT2D eigenvalue weighted by Gasteiger charge is -2.24. The average Bonchev–Trinajstić information content (AvgIpc) is 2.38. The Morgan fingerprint density at radius 3 is 2.32 bits per heavy atom. The Bertz CT molecular complexity index is 561. The molecule has 2 rings (SSSR count). The molecule has 0 radical (unpaired) electrons. The van der Waals surface area contributed by atoms with Crippen LogP contribution in [0.15, 0.2) is 42.5 Å². The second-order valence-electron chi connectivity index (χ2n) is 4.86. The number of hydrogen-bond donors (Lipinski definition) is 1. The van der Waals surface area contributed by atoms with E-state index < -0.39 is 0 Å². The van der Waals surface area contributed by atoms with Gasteiger partial charge in [-0.05, 0) is 38.1 Å². The zero-order valence-corrected chi connectivity index (χ0v) is 11.5. The maximum atomic E-state index is 13.9. The summed E-state index contributed by atoms with van der Waals surface area (Å²) in [5.74, 6) is -0.258. The van der Waals surface area contributed by atoms with Gasteiger partial charge in [0.2, 0.25) is 0 Å². The normalized spacial score (nSPS) is 12.3. The van der Waals surface area contributed by atoms with Gasteiger partial charge in [-0.2, -0.15) is 0 Å². The highest BCUT2D eigenvalue weighted by molar-refractivity contribution is 5.66. The molecule has 0 saturated carbocycles. The molecule has 0 amide bonds. The monoisotopic (exact) mass is 258 g/mol. The molecule has 19 heavy (non-hydrogen) atoms. The Balaban J connectivity index is 2.46. The minimum atomic E-state index is -0.343. The molecule has 2 aromatic carbocycles. The Morgan fingerprint density at radius 2 is 1.74 bits per heavy atom. The molecule has 2 N–H and O–H groups in total. The first-order chi connectivity index (χ1) is 9.00. The number of rotatable bonds is 3. The number of anilines is 2. The number of benzene rings is 2. The molecule has 0 heterocycles. The fraction of sp³-hybridized carbons (Fsp3) is 0.250. The van der Waals surface area contributed by atoms with E-state index in [4.69, 9.17) is 5.73 Å². The molecule has 1 atom stereocenters. The maximum Gasteiger partial charge on any atom is 0.130 e. The van der Waals surface area contributed by atoms with Crippen molar-refractivity contribution < 1.29 is 4.39 Å². The van der Waals surface area contributed by atoms with Gasteiger partial charge in [0.25, 0.3) is 0 Å². The molecule has 100 valence electrons. The molecule has 0 spiro atoms. The van der Waals surface area contributed by atoms with E-state index >= 15 is 0 Å². The molecule has 2 aromatic rings. The van der Waals surface area contributed by atoms with E-state index in [1.54, 1.807) is 13.0 Å². The van der Waals surface area contributed by atoms with Crippen LogP contribution in [0.5, 0.6) is 0 Å². The summed E-state index contributed by atoms with van der Waals surface area (Å²) in [4.78, 5) is 1.96. The molecule has 2 nitrogen and oxygen atoms in total. The second-order valence-corrected chi connectivity index (χ2v) is 4.86. The zero-order chi connectivity index (χ0) is 14.0. The molecule has 1 unspecified atom stereocenters. The van der Waals surface area contributed by atoms with Crippen LogP contribution >= 0.6 is 0 Å². The van der Waals surface area contributed by atoms with Gasteiger partial charge in [0.05, 0.1) is 0 Å². The van der Waals surface area contributed by atoms with Gasteiger partial charge in [0, 0.05) is 30.0 Å². The Labute approximate surface area is 113 Å². The van der Waals surface area contributed by atoms with Crippen LogP contribution < -0.4 is 10.6 Å². The molecule has 0 saturated heterocycles. The van der Waals surface area contributed by atoms with E-state index in [-0.39, 0.29) is 11.9 Å². The van der Waals surface area contributed by atoms with Crippen LogP contribution in [0.25, 0.3) is 0 Å². The molecule has 0 fully saturated rings. The number of hydrogen-bond acceptors (Lipinski definition) is 2. The summed E-state index contributed by atoms with van der Waals surface area (Å²) in [5, 5.41) is 0. The highest BCUT2D eigenvalue weighted by Gasteiger charge is 2.16. The topological polar surface area (TPSA) is 29.3 Å². The van der Waals surface area contributed by atoms with Crippen molar-refractivity contribution in [3.8, 4) is 0 Å². The van der Waals surface area contributed by atoms with Gasteiger partial charge in [-0.3, -0.25) is 0 Å². The third kappa shape index (κ3) is 2.76. The van der Waals surface area contributed by atoms with Crippen molar-refractivity contribution in [2.24, 2.45) is 5.73 Å². The smallest absolute Gasteiger partial charge is 0.130 e. The van der Waals surface area contributed by atoms with Gasteiger partial charge < -0.3 is 10.6 Å². The molecular formula is C16H19FN2. The van der Waals surface area contributed by atoms with Crippen LogP contribution in [0.3, 0.4) is 0 Å². The maximum absolute atomic E-state index is 13.9. The van der Waals surface area contributed by atoms with E-state index in [1.807, 2.05) is 49.2 Å². The lowest BCUT2D eigenvalue weighted by molar-refractivity contribution is 0.594. The fourth-order valence-corrected chi connectivity index (χ4v) is 2.18. The van der Waals surface area contributed by atoms with Gasteiger partial charge in [-0.25, -0.2) is 4.39 Å². The van der Waals surface area contributed by atoms with Crippen molar-refractivity contribution in [3.63, 3.8) is 0 Å². The SMILES string of the molecule is Cc1ccc(N(C)c2cccc(F)c2C(C)N)cc1. The average molecular weight is 258 g/mol. The van der Waals surface area contributed by atoms with E-state index in [0.717, 1.165) is 11.4 Å². The van der Waals surface area contributed by atoms with Gasteiger partial charge in [-0.1, -0.05) is 23.8 Å². The Kier molecular flexibility index (Phi) is 3.86.